The van der Waals surface area contributed by atoms with E-state index in [0.29, 0.717) is 17.8 Å². The van der Waals surface area contributed by atoms with E-state index in [1.165, 1.54) is 0 Å². The summed E-state index contributed by atoms with van der Waals surface area (Å²) in [6, 6.07) is 27.3. The number of benzene rings is 3. The average Bonchev–Trinajstić information content (AvgIpc) is 2.94. The van der Waals surface area contributed by atoms with Crippen LogP contribution >= 0.6 is 0 Å². The lowest BCUT2D eigenvalue weighted by Gasteiger charge is -2.34. The SMILES string of the molecule is O=C(Nc1ccc(S(=O)(=O)N2CCCC[C@@H]2c2cccnc2)cc1)c1ccc(-c2ccccc2)cc1. The molecule has 0 unspecified atom stereocenters. The summed E-state index contributed by atoms with van der Waals surface area (Å²) in [7, 11) is -3.70. The van der Waals surface area contributed by atoms with Crippen LogP contribution in [0.25, 0.3) is 11.1 Å². The number of sulfonamides is 1. The lowest BCUT2D eigenvalue weighted by atomic mass is 9.99. The highest BCUT2D eigenvalue weighted by molar-refractivity contribution is 7.89. The van der Waals surface area contributed by atoms with Gasteiger partial charge in [0, 0.05) is 30.2 Å². The van der Waals surface area contributed by atoms with E-state index >= 15 is 0 Å². The molecule has 1 aliphatic rings. The molecule has 3 aromatic carbocycles. The molecule has 0 spiro atoms. The van der Waals surface area contributed by atoms with E-state index in [2.05, 4.69) is 10.3 Å². The standard InChI is InChI=1S/C29H27N3O3S/c33-29(24-13-11-23(12-14-24)22-7-2-1-3-8-22)31-26-15-17-27(18-16-26)36(34,35)32-20-5-4-10-28(32)25-9-6-19-30-21-25/h1-3,6-9,11-19,21,28H,4-5,10,20H2,(H,31,33)/t28-/m1/s1. The van der Waals surface area contributed by atoms with Crippen molar-refractivity contribution in [2.24, 2.45) is 0 Å². The van der Waals surface area contributed by atoms with Crippen molar-refractivity contribution in [2.75, 3.05) is 11.9 Å². The lowest BCUT2D eigenvalue weighted by Crippen LogP contribution is -2.38. The van der Waals surface area contributed by atoms with Gasteiger partial charge in [0.1, 0.15) is 0 Å². The van der Waals surface area contributed by atoms with Gasteiger partial charge < -0.3 is 5.32 Å². The van der Waals surface area contributed by atoms with Gasteiger partial charge in [0.25, 0.3) is 5.91 Å². The molecule has 1 fully saturated rings. The molecule has 0 radical (unpaired) electrons. The van der Waals surface area contributed by atoms with Crippen molar-refractivity contribution < 1.29 is 13.2 Å². The number of rotatable bonds is 6. The number of hydrogen-bond donors (Lipinski definition) is 1. The highest BCUT2D eigenvalue weighted by Crippen LogP contribution is 2.35. The number of anilines is 1. The first kappa shape index (κ1) is 23.9. The van der Waals surface area contributed by atoms with Gasteiger partial charge in [-0.3, -0.25) is 9.78 Å². The minimum absolute atomic E-state index is 0.212. The number of carbonyl (C=O) groups excluding carboxylic acids is 1. The molecule has 1 atom stereocenters. The van der Waals surface area contributed by atoms with E-state index in [1.807, 2.05) is 54.6 Å². The Morgan fingerprint density at radius 3 is 2.25 bits per heavy atom. The summed E-state index contributed by atoms with van der Waals surface area (Å²) in [6.07, 6.45) is 6.00. The Bertz CT molecular complexity index is 1420. The monoisotopic (exact) mass is 497 g/mol. The second-order valence-electron chi connectivity index (χ2n) is 8.84. The molecular formula is C29H27N3O3S. The fourth-order valence-electron chi connectivity index (χ4n) is 4.59. The van der Waals surface area contributed by atoms with Gasteiger partial charge in [0.15, 0.2) is 0 Å². The van der Waals surface area contributed by atoms with E-state index in [9.17, 15) is 13.2 Å². The summed E-state index contributed by atoms with van der Waals surface area (Å²) in [5.41, 5.74) is 4.08. The second kappa shape index (κ2) is 10.4. The maximum absolute atomic E-state index is 13.5. The van der Waals surface area contributed by atoms with Gasteiger partial charge in [-0.05, 0) is 72.0 Å². The van der Waals surface area contributed by atoms with Crippen LogP contribution in [0.3, 0.4) is 0 Å². The van der Waals surface area contributed by atoms with Gasteiger partial charge in [0.05, 0.1) is 10.9 Å². The van der Waals surface area contributed by atoms with Crippen molar-refractivity contribution in [3.8, 4) is 11.1 Å². The fraction of sp³-hybridized carbons (Fsp3) is 0.172. The van der Waals surface area contributed by atoms with E-state index < -0.39 is 10.0 Å². The first-order chi connectivity index (χ1) is 17.5. The molecule has 4 aromatic rings. The first-order valence-corrected chi connectivity index (χ1v) is 13.4. The van der Waals surface area contributed by atoms with Crippen molar-refractivity contribution in [1.29, 1.82) is 0 Å². The third-order valence-corrected chi connectivity index (χ3v) is 8.42. The van der Waals surface area contributed by atoms with Gasteiger partial charge in [-0.15, -0.1) is 0 Å². The van der Waals surface area contributed by atoms with Gasteiger partial charge in [0.2, 0.25) is 10.0 Å². The van der Waals surface area contributed by atoms with Crippen LogP contribution in [-0.4, -0.2) is 30.2 Å². The first-order valence-electron chi connectivity index (χ1n) is 12.0. The molecule has 2 heterocycles. The average molecular weight is 498 g/mol. The topological polar surface area (TPSA) is 79.4 Å². The third kappa shape index (κ3) is 5.08. The Labute approximate surface area is 211 Å². The molecule has 5 rings (SSSR count). The van der Waals surface area contributed by atoms with E-state index in [4.69, 9.17) is 0 Å². The van der Waals surface area contributed by atoms with Crippen molar-refractivity contribution in [3.63, 3.8) is 0 Å². The smallest absolute Gasteiger partial charge is 0.255 e. The van der Waals surface area contributed by atoms with Crippen molar-refractivity contribution in [3.05, 3.63) is 115 Å². The molecule has 1 amide bonds. The van der Waals surface area contributed by atoms with Crippen LogP contribution in [0.15, 0.2) is 108 Å². The number of pyridine rings is 1. The molecule has 0 saturated carbocycles. The van der Waals surface area contributed by atoms with Gasteiger partial charge in [-0.2, -0.15) is 4.31 Å². The van der Waals surface area contributed by atoms with Crippen LogP contribution in [-0.2, 0) is 10.0 Å². The number of aromatic nitrogens is 1. The van der Waals surface area contributed by atoms with E-state index in [0.717, 1.165) is 36.0 Å². The largest absolute Gasteiger partial charge is 0.322 e. The minimum Gasteiger partial charge on any atom is -0.322 e. The predicted molar refractivity (Wildman–Crippen MR) is 141 cm³/mol. The zero-order valence-electron chi connectivity index (χ0n) is 19.7. The normalized spacial score (nSPS) is 16.4. The molecule has 36 heavy (non-hydrogen) atoms. The van der Waals surface area contributed by atoms with Crippen LogP contribution in [0.1, 0.15) is 41.2 Å². The Morgan fingerprint density at radius 1 is 0.833 bits per heavy atom. The second-order valence-corrected chi connectivity index (χ2v) is 10.7. The predicted octanol–water partition coefficient (Wildman–Crippen LogP) is 5.92. The highest BCUT2D eigenvalue weighted by Gasteiger charge is 2.34. The zero-order valence-corrected chi connectivity index (χ0v) is 20.6. The molecule has 1 saturated heterocycles. The molecule has 182 valence electrons. The summed E-state index contributed by atoms with van der Waals surface area (Å²) in [4.78, 5) is 17.1. The van der Waals surface area contributed by atoms with Crippen LogP contribution in [0.4, 0.5) is 5.69 Å². The summed E-state index contributed by atoms with van der Waals surface area (Å²) >= 11 is 0. The van der Waals surface area contributed by atoms with Gasteiger partial charge >= 0.3 is 0 Å². The number of nitrogens with one attached hydrogen (secondary N) is 1. The Hall–Kier alpha value is -3.81. The van der Waals surface area contributed by atoms with Crippen LogP contribution in [0, 0.1) is 0 Å². The van der Waals surface area contributed by atoms with E-state index in [1.54, 1.807) is 53.1 Å². The molecule has 1 N–H and O–H groups in total. The third-order valence-electron chi connectivity index (χ3n) is 6.50. The maximum atomic E-state index is 13.5. The number of carbonyl (C=O) groups is 1. The lowest BCUT2D eigenvalue weighted by molar-refractivity contribution is 0.102. The fourth-order valence-corrected chi connectivity index (χ4v) is 6.27. The van der Waals surface area contributed by atoms with Gasteiger partial charge in [-0.25, -0.2) is 8.42 Å². The molecule has 1 aliphatic heterocycles. The van der Waals surface area contributed by atoms with Crippen molar-refractivity contribution in [1.82, 2.24) is 9.29 Å². The minimum atomic E-state index is -3.70. The summed E-state index contributed by atoms with van der Waals surface area (Å²) in [6.45, 7) is 0.472. The van der Waals surface area contributed by atoms with Crippen LogP contribution in [0.5, 0.6) is 0 Å². The quantitative estimate of drug-likeness (QED) is 0.359. The van der Waals surface area contributed by atoms with E-state index in [-0.39, 0.29) is 16.8 Å². The molecule has 7 heteroatoms. The number of piperidine rings is 1. The zero-order chi connectivity index (χ0) is 25.0. The number of amides is 1. The van der Waals surface area contributed by atoms with Crippen molar-refractivity contribution >= 4 is 21.6 Å². The molecule has 0 bridgehead atoms. The molecule has 0 aliphatic carbocycles. The Morgan fingerprint density at radius 2 is 1.56 bits per heavy atom. The molecular weight excluding hydrogens is 470 g/mol. The van der Waals surface area contributed by atoms with Crippen LogP contribution < -0.4 is 5.32 Å². The number of nitrogens with zero attached hydrogens (tertiary/aromatic N) is 2. The van der Waals surface area contributed by atoms with Crippen LogP contribution in [0.2, 0.25) is 0 Å². The summed E-state index contributed by atoms with van der Waals surface area (Å²) in [5, 5.41) is 2.85. The summed E-state index contributed by atoms with van der Waals surface area (Å²) in [5.74, 6) is -0.252. The van der Waals surface area contributed by atoms with Crippen molar-refractivity contribution in [2.45, 2.75) is 30.2 Å². The maximum Gasteiger partial charge on any atom is 0.255 e. The Balaban J connectivity index is 1.29. The molecule has 1 aromatic heterocycles. The highest BCUT2D eigenvalue weighted by atomic mass is 32.2. The Kier molecular flexibility index (Phi) is 6.93. The van der Waals surface area contributed by atoms with Gasteiger partial charge in [-0.1, -0.05) is 55.0 Å². The summed E-state index contributed by atoms with van der Waals surface area (Å²) < 4.78 is 28.6. The molecule has 6 nitrogen and oxygen atoms in total. The number of hydrogen-bond acceptors (Lipinski definition) is 4.